The molecule has 0 saturated heterocycles. The normalized spacial score (nSPS) is 15.9. The Hall–Kier alpha value is -11.0. The molecule has 5 aliphatic carbocycles. The van der Waals surface area contributed by atoms with E-state index in [1.165, 1.54) is 162 Å². The molecule has 12 aromatic carbocycles. The van der Waals surface area contributed by atoms with E-state index in [1.807, 2.05) is 27.2 Å². The molecule has 123 heavy (non-hydrogen) atoms. The van der Waals surface area contributed by atoms with Crippen LogP contribution in [0.25, 0.3) is 23.3 Å². The highest BCUT2D eigenvalue weighted by Crippen LogP contribution is 2.58. The van der Waals surface area contributed by atoms with Crippen molar-refractivity contribution in [2.24, 2.45) is 0 Å². The van der Waals surface area contributed by atoms with Crippen molar-refractivity contribution >= 4 is 46.0 Å². The molecular weight excluding hydrogens is 1500 g/mol. The van der Waals surface area contributed by atoms with Gasteiger partial charge in [0.2, 0.25) is 0 Å². The summed E-state index contributed by atoms with van der Waals surface area (Å²) in [5.41, 5.74) is 35.9. The summed E-state index contributed by atoms with van der Waals surface area (Å²) in [6, 6.07) is 106. The van der Waals surface area contributed by atoms with Crippen LogP contribution in [0.4, 0.5) is 22.7 Å². The maximum absolute atomic E-state index is 5.98. The maximum Gasteiger partial charge on any atom is 0.127 e. The van der Waals surface area contributed by atoms with Crippen LogP contribution in [0, 0.1) is 0 Å². The Bertz CT molecular complexity index is 5180. The number of ether oxygens (including phenoxy) is 1. The van der Waals surface area contributed by atoms with Crippen LogP contribution < -0.4 is 35.8 Å². The van der Waals surface area contributed by atoms with Crippen LogP contribution in [0.3, 0.4) is 0 Å². The van der Waals surface area contributed by atoms with E-state index in [0.717, 1.165) is 116 Å². The number of rotatable bonds is 22. The fraction of sp³-hybridized carbons (Fsp3) is 0.316. The minimum atomic E-state index is 0.263. The summed E-state index contributed by atoms with van der Waals surface area (Å²) >= 11 is 0. The number of nitrogens with one attached hydrogen (secondary N) is 4. The van der Waals surface area contributed by atoms with Crippen LogP contribution in [0.1, 0.15) is 182 Å². The van der Waals surface area contributed by atoms with E-state index in [4.69, 9.17) is 4.74 Å². The van der Waals surface area contributed by atoms with Gasteiger partial charge in [-0.1, -0.05) is 285 Å². The zero-order valence-electron chi connectivity index (χ0n) is 74.6. The van der Waals surface area contributed by atoms with E-state index in [0.29, 0.717) is 18.4 Å². The zero-order chi connectivity index (χ0) is 85.0. The van der Waals surface area contributed by atoms with Crippen LogP contribution in [0.5, 0.6) is 5.75 Å². The first kappa shape index (κ1) is 88.3. The highest BCUT2D eigenvalue weighted by Gasteiger charge is 2.47. The largest absolute Gasteiger partial charge is 0.488 e. The van der Waals surface area contributed by atoms with Gasteiger partial charge in [0.15, 0.2) is 0 Å². The van der Waals surface area contributed by atoms with Crippen molar-refractivity contribution in [2.45, 2.75) is 127 Å². The van der Waals surface area contributed by atoms with Crippen molar-refractivity contribution in [2.75, 3.05) is 119 Å². The maximum atomic E-state index is 5.98. The lowest BCUT2D eigenvalue weighted by Crippen LogP contribution is -2.40. The molecule has 0 fully saturated rings. The fourth-order valence-corrected chi connectivity index (χ4v) is 19.7. The summed E-state index contributed by atoms with van der Waals surface area (Å²) in [7, 11) is 16.6. The van der Waals surface area contributed by atoms with E-state index in [-0.39, 0.29) is 5.41 Å². The predicted molar refractivity (Wildman–Crippen MR) is 524 cm³/mol. The fourth-order valence-electron chi connectivity index (χ4n) is 19.7. The van der Waals surface area contributed by atoms with E-state index in [2.05, 4.69) is 386 Å². The minimum Gasteiger partial charge on any atom is -0.488 e. The molecule has 0 radical (unpaired) electrons. The minimum absolute atomic E-state index is 0.263. The van der Waals surface area contributed by atoms with Crippen molar-refractivity contribution in [3.8, 4) is 5.75 Å². The third-order valence-electron chi connectivity index (χ3n) is 25.8. The van der Waals surface area contributed by atoms with Gasteiger partial charge in [-0.05, 0) is 333 Å². The molecule has 634 valence electrons. The molecule has 0 unspecified atom stereocenters. The lowest BCUT2D eigenvalue weighted by Gasteiger charge is -2.50. The quantitative estimate of drug-likeness (QED) is 0.0497. The third kappa shape index (κ3) is 22.0. The van der Waals surface area contributed by atoms with Crippen molar-refractivity contribution in [1.82, 2.24) is 31.1 Å². The second-order valence-electron chi connectivity index (χ2n) is 34.4. The lowest BCUT2D eigenvalue weighted by molar-refractivity contribution is 0.307. The monoisotopic (exact) mass is 1630 g/mol. The second kappa shape index (κ2) is 44.9. The Morgan fingerprint density at radius 2 is 0.732 bits per heavy atom. The molecule has 9 heteroatoms. The summed E-state index contributed by atoms with van der Waals surface area (Å²) in [6.45, 7) is 9.22. The topological polar surface area (TPSA) is 70.3 Å². The van der Waals surface area contributed by atoms with Gasteiger partial charge in [-0.3, -0.25) is 0 Å². The van der Waals surface area contributed by atoms with Gasteiger partial charge < -0.3 is 45.6 Å². The third-order valence-corrected chi connectivity index (χ3v) is 25.8. The average Bonchev–Trinajstić information content (AvgIpc) is 1.16. The summed E-state index contributed by atoms with van der Waals surface area (Å²) in [4.78, 5) is 9.48. The number of hydrogen-bond donors (Lipinski definition) is 4. The molecule has 0 aromatic heterocycles. The Labute approximate surface area is 737 Å². The lowest BCUT2D eigenvalue weighted by atomic mass is 9.54. The predicted octanol–water partition coefficient (Wildman–Crippen LogP) is 23.7. The Morgan fingerprint density at radius 1 is 0.358 bits per heavy atom. The summed E-state index contributed by atoms with van der Waals surface area (Å²) in [5.74, 6) is 2.11. The van der Waals surface area contributed by atoms with Gasteiger partial charge >= 0.3 is 0 Å². The summed E-state index contributed by atoms with van der Waals surface area (Å²) < 4.78 is 5.98. The first-order valence-corrected chi connectivity index (χ1v) is 45.7. The first-order chi connectivity index (χ1) is 60.6. The smallest absolute Gasteiger partial charge is 0.127 e. The molecule has 0 spiro atoms. The zero-order valence-corrected chi connectivity index (χ0v) is 74.6. The molecule has 8 aliphatic rings. The van der Waals surface area contributed by atoms with Crippen molar-refractivity contribution < 1.29 is 4.74 Å². The molecular formula is C114H132N8O. The standard InChI is InChI=1S/C20H23N.C19H24N2.C19H21NO.2C19H21N.C18H22N2/c1-21-14-6-12-20-13-11-15(16-7-2-4-9-18(16)20)17-8-3-5-10-19(17)20;1-20(2)14-7-15-21-18-10-5-3-8-16(18)12-13-17-9-4-6-11-19(17)21;1-20(2)13-7-11-17-16-9-4-3-8-15(16)14-21-19-12-6-5-10-18(17)19;2*1-20-14-6-11-19-17-9-4-2-7-15(17)12-13-16-8-3-5-10-18(16)19;1-19-13-6-14-20-17-9-4-2-7-15(17)11-12-16-8-3-5-10-18(16)20/h2-5,7-10,15,21H,6,11-14H2,1H3;3-6,8-11H,7,12-15H2,1-2H3;3-6,8-12H,7,13-14H2,1-2H3;2-5,7-10,12-13,19-20H,6,11,14H2,1H3;2-5,7-11,20H,6,12-14H2,1H3;2-5,7-10,19H,6,11-14H2,1H3. The van der Waals surface area contributed by atoms with E-state index in [9.17, 15) is 0 Å². The van der Waals surface area contributed by atoms with Gasteiger partial charge in [0.1, 0.15) is 12.4 Å². The highest BCUT2D eigenvalue weighted by atomic mass is 16.5. The highest BCUT2D eigenvalue weighted by molar-refractivity contribution is 5.86. The number of hydrogen-bond acceptors (Lipinski definition) is 9. The molecule has 9 nitrogen and oxygen atoms in total. The summed E-state index contributed by atoms with van der Waals surface area (Å²) in [6.07, 6.45) is 28.0. The number of aryl methyl sites for hydroxylation is 6. The van der Waals surface area contributed by atoms with Gasteiger partial charge in [-0.25, -0.2) is 0 Å². The van der Waals surface area contributed by atoms with Gasteiger partial charge in [0.25, 0.3) is 0 Å². The SMILES string of the molecule is CN(C)CCC=C1c2ccccc2COc2ccccc21.CN(C)CCCN1c2ccccc2CCc2ccccc21.CNCCC=C1c2ccccc2CCc2ccccc21.CNCCCC12CCC(c3ccccc31)c1ccccc12.CNCCCC1c2ccccc2C=Cc2ccccc21.CNCCCN1c2ccccc2CCc2ccccc21. The molecule has 3 aliphatic heterocycles. The second-order valence-corrected chi connectivity index (χ2v) is 34.4. The number of para-hydroxylation sites is 5. The van der Waals surface area contributed by atoms with Gasteiger partial charge in [0.05, 0.1) is 0 Å². The van der Waals surface area contributed by atoms with Crippen molar-refractivity contribution in [1.29, 1.82) is 0 Å². The van der Waals surface area contributed by atoms with Crippen LogP contribution in [-0.4, -0.2) is 119 Å². The number of benzene rings is 12. The molecule has 20 rings (SSSR count). The van der Waals surface area contributed by atoms with E-state index < -0.39 is 0 Å². The van der Waals surface area contributed by atoms with Gasteiger partial charge in [0, 0.05) is 65.2 Å². The number of anilines is 4. The molecule has 3 heterocycles. The van der Waals surface area contributed by atoms with Crippen LogP contribution in [0.15, 0.2) is 303 Å². The molecule has 0 amide bonds. The summed E-state index contributed by atoms with van der Waals surface area (Å²) in [5, 5.41) is 13.0. The van der Waals surface area contributed by atoms with E-state index in [1.54, 1.807) is 22.3 Å². The number of nitrogens with zero attached hydrogens (tertiary/aromatic N) is 4. The van der Waals surface area contributed by atoms with Crippen molar-refractivity contribution in [3.05, 3.63) is 409 Å². The van der Waals surface area contributed by atoms with Crippen LogP contribution >= 0.6 is 0 Å². The molecule has 12 aromatic rings. The Balaban J connectivity index is 0.000000120. The first-order valence-electron chi connectivity index (χ1n) is 45.7. The Kier molecular flexibility index (Phi) is 32.2. The molecule has 2 bridgehead atoms. The number of fused-ring (bicyclic) bond motifs is 11. The Morgan fingerprint density at radius 3 is 1.23 bits per heavy atom. The van der Waals surface area contributed by atoms with Crippen LogP contribution in [0.2, 0.25) is 0 Å². The average molecular weight is 1630 g/mol. The molecule has 0 atom stereocenters. The van der Waals surface area contributed by atoms with Crippen molar-refractivity contribution in [3.63, 3.8) is 0 Å². The molecule has 4 N–H and O–H groups in total. The molecule has 0 saturated carbocycles. The van der Waals surface area contributed by atoms with E-state index >= 15 is 0 Å². The van der Waals surface area contributed by atoms with Crippen LogP contribution in [-0.2, 0) is 50.5 Å². The van der Waals surface area contributed by atoms with Gasteiger partial charge in [-0.2, -0.15) is 0 Å². The van der Waals surface area contributed by atoms with Gasteiger partial charge in [-0.15, -0.1) is 0 Å².